The minimum absolute atomic E-state index is 0.0479. The molecule has 2 aromatic carbocycles. The Morgan fingerprint density at radius 2 is 1.35 bits per heavy atom. The average Bonchev–Trinajstić information content (AvgIpc) is 3.11. The third-order valence-corrected chi connectivity index (χ3v) is 8.46. The number of benzene rings is 2. The molecule has 0 aliphatic carbocycles. The third kappa shape index (κ3) is 7.89. The van der Waals surface area contributed by atoms with Crippen LogP contribution in [0.2, 0.25) is 0 Å². The van der Waals surface area contributed by atoms with Crippen LogP contribution in [0.15, 0.2) is 30.0 Å². The molecule has 0 bridgehead atoms. The van der Waals surface area contributed by atoms with Crippen LogP contribution in [0.5, 0.6) is 34.5 Å². The van der Waals surface area contributed by atoms with Gasteiger partial charge in [-0.05, 0) is 12.1 Å². The van der Waals surface area contributed by atoms with Crippen molar-refractivity contribution in [2.75, 3.05) is 27.4 Å². The smallest absolute Gasteiger partial charge is 0.317 e. The Morgan fingerprint density at radius 1 is 0.769 bits per heavy atom. The van der Waals surface area contributed by atoms with Gasteiger partial charge in [-0.25, -0.2) is 0 Å². The standard InChI is InChI=1S/C32H38O20/c1-45-16-3-11(4-17(46-2)23(16)38)30-18(50-32-29(44)27(42)25(40)20(52-32)10-47-22(37)8-21(35)36)7-13-14(48-30)5-12(34)6-15(13)49-31-28(43)26(41)24(39)19(9-33)51-31/h3-7,19-20,24-34,38-44H,8-10H2,1-2H3,(H,35,36)/p+1. The minimum atomic E-state index is -1.93. The Kier molecular flexibility index (Phi) is 11.8. The van der Waals surface area contributed by atoms with Gasteiger partial charge in [0.15, 0.2) is 17.3 Å². The van der Waals surface area contributed by atoms with E-state index in [0.717, 1.165) is 6.07 Å². The normalized spacial score (nSPS) is 31.3. The molecular formula is C32H39O20+. The molecular weight excluding hydrogens is 704 g/mol. The number of carbonyl (C=O) groups is 2. The molecule has 0 radical (unpaired) electrons. The van der Waals surface area contributed by atoms with Gasteiger partial charge in [0.2, 0.25) is 18.3 Å². The van der Waals surface area contributed by atoms with Gasteiger partial charge >= 0.3 is 11.9 Å². The van der Waals surface area contributed by atoms with Gasteiger partial charge in [0.1, 0.15) is 78.9 Å². The highest BCUT2D eigenvalue weighted by Gasteiger charge is 2.48. The summed E-state index contributed by atoms with van der Waals surface area (Å²) in [7, 11) is 2.56. The summed E-state index contributed by atoms with van der Waals surface area (Å²) in [6.07, 6.45) is -18.2. The van der Waals surface area contributed by atoms with E-state index in [2.05, 4.69) is 4.74 Å². The van der Waals surface area contributed by atoms with E-state index in [1.165, 1.54) is 38.5 Å². The number of carboxylic acid groups (broad SMARTS) is 1. The highest BCUT2D eigenvalue weighted by molar-refractivity contribution is 5.90. The van der Waals surface area contributed by atoms with Crippen molar-refractivity contribution in [3.63, 3.8) is 0 Å². The van der Waals surface area contributed by atoms with E-state index in [1.54, 1.807) is 0 Å². The number of carboxylic acids is 1. The van der Waals surface area contributed by atoms with Gasteiger partial charge in [0, 0.05) is 12.1 Å². The molecule has 286 valence electrons. The van der Waals surface area contributed by atoms with E-state index in [0.29, 0.717) is 0 Å². The van der Waals surface area contributed by atoms with Crippen molar-refractivity contribution in [2.24, 2.45) is 0 Å². The maximum atomic E-state index is 11.8. The van der Waals surface area contributed by atoms with Crippen molar-refractivity contribution in [3.8, 4) is 34.5 Å². The highest BCUT2D eigenvalue weighted by Crippen LogP contribution is 2.48. The predicted molar refractivity (Wildman–Crippen MR) is 167 cm³/mol. The van der Waals surface area contributed by atoms with Gasteiger partial charge in [-0.1, -0.05) is 0 Å². The Morgan fingerprint density at radius 3 is 1.92 bits per heavy atom. The highest BCUT2D eigenvalue weighted by atomic mass is 16.7. The number of aliphatic hydroxyl groups excluding tert-OH is 7. The summed E-state index contributed by atoms with van der Waals surface area (Å²) in [5.74, 6) is -3.81. The second-order valence-corrected chi connectivity index (χ2v) is 11.9. The van der Waals surface area contributed by atoms with E-state index in [1.807, 2.05) is 0 Å². The molecule has 3 aliphatic rings. The number of phenols is 2. The molecule has 2 saturated heterocycles. The van der Waals surface area contributed by atoms with Gasteiger partial charge in [-0.3, -0.25) is 9.59 Å². The molecule has 20 heteroatoms. The zero-order valence-corrected chi connectivity index (χ0v) is 27.5. The van der Waals surface area contributed by atoms with Gasteiger partial charge < -0.3 is 89.0 Å². The van der Waals surface area contributed by atoms with E-state index < -0.39 is 99.1 Å². The molecule has 20 nitrogen and oxygen atoms in total. The van der Waals surface area contributed by atoms with E-state index >= 15 is 0 Å². The zero-order valence-electron chi connectivity index (χ0n) is 27.5. The second kappa shape index (κ2) is 15.9. The van der Waals surface area contributed by atoms with Crippen LogP contribution in [0.25, 0.3) is 6.08 Å². The van der Waals surface area contributed by atoms with Crippen LogP contribution in [0, 0.1) is 0 Å². The number of aromatic hydroxyl groups is 3. The largest absolute Gasteiger partial charge is 0.571 e. The van der Waals surface area contributed by atoms with Crippen LogP contribution >= 0.6 is 0 Å². The first-order valence-corrected chi connectivity index (χ1v) is 15.6. The van der Waals surface area contributed by atoms with Crippen LogP contribution in [0.1, 0.15) is 23.7 Å². The van der Waals surface area contributed by atoms with Crippen molar-refractivity contribution in [3.05, 3.63) is 41.2 Å². The number of phenolic OH excluding ortho intramolecular Hbond substituents is 2. The van der Waals surface area contributed by atoms with Crippen molar-refractivity contribution >= 4 is 18.0 Å². The summed E-state index contributed by atoms with van der Waals surface area (Å²) in [6.45, 7) is -1.49. The molecule has 3 heterocycles. The molecule has 0 aromatic heterocycles. The number of methoxy groups -OCH3 is 2. The first-order valence-electron chi connectivity index (χ1n) is 15.6. The predicted octanol–water partition coefficient (Wildman–Crippen LogP) is -2.53. The summed E-state index contributed by atoms with van der Waals surface area (Å²) in [6, 6.07) is 5.09. The minimum Gasteiger partial charge on any atom is -0.571 e. The summed E-state index contributed by atoms with van der Waals surface area (Å²) >= 11 is 0. The Labute approximate surface area is 293 Å². The van der Waals surface area contributed by atoms with Crippen molar-refractivity contribution < 1.29 is 98.5 Å². The number of aliphatic carboxylic acids is 1. The van der Waals surface area contributed by atoms with Gasteiger partial charge in [0.05, 0.1) is 32.5 Å². The molecule has 11 atom stereocenters. The number of carbonyl (C=O) groups excluding carboxylic acids is 1. The van der Waals surface area contributed by atoms with E-state index in [-0.39, 0.29) is 51.4 Å². The fourth-order valence-corrected chi connectivity index (χ4v) is 5.71. The molecule has 2 aromatic rings. The molecule has 11 unspecified atom stereocenters. The average molecular weight is 744 g/mol. The fraction of sp³-hybridized carbons (Fsp3) is 0.500. The van der Waals surface area contributed by atoms with Crippen LogP contribution in [-0.2, 0) is 28.5 Å². The van der Waals surface area contributed by atoms with Crippen LogP contribution < -0.4 is 14.2 Å². The first-order chi connectivity index (χ1) is 24.7. The van der Waals surface area contributed by atoms with E-state index in [9.17, 15) is 55.5 Å². The van der Waals surface area contributed by atoms with Crippen molar-refractivity contribution in [1.82, 2.24) is 0 Å². The number of fused-ring (bicyclic) bond motifs is 1. The van der Waals surface area contributed by atoms with E-state index in [4.69, 9.17) is 38.3 Å². The number of ether oxygens (including phenoxy) is 8. The lowest BCUT2D eigenvalue weighted by atomic mass is 9.98. The summed E-state index contributed by atoms with van der Waals surface area (Å²) < 4.78 is 43.1. The Balaban J connectivity index is 1.54. The Bertz CT molecular complexity index is 1620. The van der Waals surface area contributed by atoms with Crippen molar-refractivity contribution in [1.29, 1.82) is 0 Å². The quantitative estimate of drug-likeness (QED) is 0.0609. The number of aliphatic hydroxyl groups is 8. The van der Waals surface area contributed by atoms with Crippen molar-refractivity contribution in [2.45, 2.75) is 73.9 Å². The molecule has 5 rings (SSSR count). The molecule has 11 N–H and O–H groups in total. The van der Waals surface area contributed by atoms with Crippen LogP contribution in [-0.4, -0.2) is 157 Å². The Hall–Kier alpha value is -4.64. The summed E-state index contributed by atoms with van der Waals surface area (Å²) in [5, 5.41) is 103. The lowest BCUT2D eigenvalue weighted by Gasteiger charge is -2.41. The third-order valence-electron chi connectivity index (χ3n) is 8.46. The van der Waals surface area contributed by atoms with Crippen LogP contribution in [0.4, 0.5) is 0 Å². The van der Waals surface area contributed by atoms with Gasteiger partial charge in [0.25, 0.3) is 11.9 Å². The van der Waals surface area contributed by atoms with Gasteiger partial charge in [-0.15, -0.1) is 0 Å². The molecule has 3 aliphatic heterocycles. The SMILES string of the molecule is COc1cc(C2[OH+]c3cc(O)cc(OC4OC(CO)C(O)C(O)C4O)c3C=C2OC2OC(COC(=O)CC(=O)O)C(O)C(O)C2O)cc(OC)c1O. The molecule has 52 heavy (non-hydrogen) atoms. The lowest BCUT2D eigenvalue weighted by Crippen LogP contribution is -2.60. The maximum absolute atomic E-state index is 11.8. The monoisotopic (exact) mass is 743 g/mol. The number of hydrogen-bond donors (Lipinski definition) is 10. The lowest BCUT2D eigenvalue weighted by molar-refractivity contribution is -0.296. The zero-order chi connectivity index (χ0) is 38.0. The topological polar surface area (TPSA) is 314 Å². The number of esters is 1. The molecule has 0 spiro atoms. The van der Waals surface area contributed by atoms with Crippen LogP contribution in [0.3, 0.4) is 0 Å². The fourth-order valence-electron chi connectivity index (χ4n) is 5.71. The molecule has 0 amide bonds. The number of rotatable bonds is 12. The maximum Gasteiger partial charge on any atom is 0.317 e. The van der Waals surface area contributed by atoms with Gasteiger partial charge in [-0.2, -0.15) is 0 Å². The first kappa shape index (κ1) is 38.6. The summed E-state index contributed by atoms with van der Waals surface area (Å²) in [4.78, 5) is 22.7. The second-order valence-electron chi connectivity index (χ2n) is 11.9. The summed E-state index contributed by atoms with van der Waals surface area (Å²) in [5.41, 5.74) is 0.303. The molecule has 2 fully saturated rings. The number of hydrogen-bond acceptors (Lipinski definition) is 18. The molecule has 0 saturated carbocycles.